The zero-order chi connectivity index (χ0) is 13.9. The van der Waals surface area contributed by atoms with Crippen LogP contribution in [0.25, 0.3) is 20.5 Å². The van der Waals surface area contributed by atoms with E-state index in [2.05, 4.69) is 27.4 Å². The molecule has 7 heteroatoms. The molecule has 0 fully saturated rings. The van der Waals surface area contributed by atoms with E-state index in [0.717, 1.165) is 37.7 Å². The topological polar surface area (TPSA) is 63.6 Å². The molecule has 3 rings (SSSR count). The van der Waals surface area contributed by atoms with E-state index in [1.807, 2.05) is 19.2 Å². The molecule has 0 saturated heterocycles. The fraction of sp³-hybridized carbons (Fsp3) is 0.231. The minimum absolute atomic E-state index is 0.820. The van der Waals surface area contributed by atoms with Crippen LogP contribution in [-0.2, 0) is 6.42 Å². The van der Waals surface area contributed by atoms with Gasteiger partial charge in [-0.25, -0.2) is 4.98 Å². The Kier molecular flexibility index (Phi) is 3.70. The van der Waals surface area contributed by atoms with E-state index in [0.29, 0.717) is 0 Å². The molecule has 0 aliphatic carbocycles. The summed E-state index contributed by atoms with van der Waals surface area (Å²) in [7, 11) is 1.85. The van der Waals surface area contributed by atoms with E-state index in [9.17, 15) is 0 Å². The highest BCUT2D eigenvalue weighted by atomic mass is 32.1. The minimum atomic E-state index is 0.820. The Bertz CT molecular complexity index is 705. The number of nitrogens with one attached hydrogen (secondary N) is 1. The summed E-state index contributed by atoms with van der Waals surface area (Å²) in [4.78, 5) is 9.87. The van der Waals surface area contributed by atoms with Crippen LogP contribution in [0, 0.1) is 0 Å². The first kappa shape index (κ1) is 13.1. The molecule has 1 N–H and O–H groups in total. The molecular formula is C13H13N5S2. The van der Waals surface area contributed by atoms with Gasteiger partial charge in [-0.15, -0.1) is 21.5 Å². The van der Waals surface area contributed by atoms with Gasteiger partial charge in [0.25, 0.3) is 0 Å². The molecule has 0 spiro atoms. The molecule has 5 nitrogen and oxygen atoms in total. The van der Waals surface area contributed by atoms with Gasteiger partial charge in [0.05, 0.1) is 10.6 Å². The van der Waals surface area contributed by atoms with Crippen LogP contribution in [0.4, 0.5) is 5.13 Å². The lowest BCUT2D eigenvalue weighted by Gasteiger charge is -1.92. The average Bonchev–Trinajstić information content (AvgIpc) is 3.14. The quantitative estimate of drug-likeness (QED) is 0.801. The Hall–Kier alpha value is -1.86. The number of hydrogen-bond acceptors (Lipinski definition) is 7. The predicted octanol–water partition coefficient (Wildman–Crippen LogP) is 3.33. The van der Waals surface area contributed by atoms with Crippen molar-refractivity contribution in [3.63, 3.8) is 0 Å². The molecule has 3 aromatic rings. The number of pyridine rings is 1. The lowest BCUT2D eigenvalue weighted by Crippen LogP contribution is -1.85. The largest absolute Gasteiger partial charge is 0.363 e. The molecule has 0 atom stereocenters. The van der Waals surface area contributed by atoms with Gasteiger partial charge in [-0.05, 0) is 18.6 Å². The molecule has 0 amide bonds. The van der Waals surface area contributed by atoms with Gasteiger partial charge in [0.1, 0.15) is 5.01 Å². The van der Waals surface area contributed by atoms with Gasteiger partial charge in [-0.2, -0.15) is 0 Å². The summed E-state index contributed by atoms with van der Waals surface area (Å²) in [5, 5.41) is 14.1. The fourth-order valence-electron chi connectivity index (χ4n) is 1.79. The van der Waals surface area contributed by atoms with E-state index < -0.39 is 0 Å². The Balaban J connectivity index is 2.05. The molecule has 0 saturated carbocycles. The lowest BCUT2D eigenvalue weighted by molar-refractivity contribution is 1.05. The molecule has 0 aliphatic heterocycles. The standard InChI is InChI=1S/C13H13N5S2/c1-3-9-10(12-17-18-13(14-2)20-12)19-11(16-9)8-4-6-15-7-5-8/h4-7H,3H2,1-2H3,(H,14,18). The van der Waals surface area contributed by atoms with Crippen LogP contribution in [0.1, 0.15) is 12.6 Å². The summed E-state index contributed by atoms with van der Waals surface area (Å²) in [5.41, 5.74) is 2.16. The van der Waals surface area contributed by atoms with Crippen molar-refractivity contribution in [1.29, 1.82) is 0 Å². The lowest BCUT2D eigenvalue weighted by atomic mass is 10.2. The molecule has 3 aromatic heterocycles. The maximum absolute atomic E-state index is 4.72. The first-order valence-corrected chi connectivity index (χ1v) is 7.86. The molecule has 20 heavy (non-hydrogen) atoms. The molecular weight excluding hydrogens is 290 g/mol. The van der Waals surface area contributed by atoms with Crippen LogP contribution in [0.15, 0.2) is 24.5 Å². The monoisotopic (exact) mass is 303 g/mol. The third kappa shape index (κ3) is 2.41. The van der Waals surface area contributed by atoms with E-state index in [4.69, 9.17) is 4.98 Å². The Morgan fingerprint density at radius 3 is 2.55 bits per heavy atom. The number of rotatable bonds is 4. The maximum Gasteiger partial charge on any atom is 0.205 e. The van der Waals surface area contributed by atoms with Crippen molar-refractivity contribution >= 4 is 27.8 Å². The molecule has 3 heterocycles. The first-order valence-electron chi connectivity index (χ1n) is 6.23. The van der Waals surface area contributed by atoms with E-state index in [1.54, 1.807) is 35.1 Å². The molecule has 102 valence electrons. The van der Waals surface area contributed by atoms with E-state index in [-0.39, 0.29) is 0 Å². The fourth-order valence-corrected chi connectivity index (χ4v) is 3.74. The number of nitrogens with zero attached hydrogens (tertiary/aromatic N) is 4. The zero-order valence-electron chi connectivity index (χ0n) is 11.1. The van der Waals surface area contributed by atoms with Gasteiger partial charge >= 0.3 is 0 Å². The van der Waals surface area contributed by atoms with Crippen molar-refractivity contribution in [3.8, 4) is 20.5 Å². The summed E-state index contributed by atoms with van der Waals surface area (Å²) in [5.74, 6) is 0. The van der Waals surface area contributed by atoms with Gasteiger partial charge in [-0.3, -0.25) is 4.98 Å². The molecule has 0 bridgehead atoms. The summed E-state index contributed by atoms with van der Waals surface area (Å²) in [6, 6.07) is 3.95. The van der Waals surface area contributed by atoms with Crippen LogP contribution in [-0.4, -0.2) is 27.2 Å². The number of thiazole rings is 1. The van der Waals surface area contributed by atoms with Crippen molar-refractivity contribution in [2.45, 2.75) is 13.3 Å². The van der Waals surface area contributed by atoms with E-state index >= 15 is 0 Å². The van der Waals surface area contributed by atoms with Gasteiger partial charge in [0.2, 0.25) is 5.13 Å². The normalized spacial score (nSPS) is 10.7. The van der Waals surface area contributed by atoms with Crippen LogP contribution < -0.4 is 5.32 Å². The molecule has 0 aliphatic rings. The van der Waals surface area contributed by atoms with Crippen LogP contribution in [0.5, 0.6) is 0 Å². The molecule has 0 radical (unpaired) electrons. The Morgan fingerprint density at radius 1 is 1.10 bits per heavy atom. The summed E-state index contributed by atoms with van der Waals surface area (Å²) >= 11 is 3.20. The number of aromatic nitrogens is 4. The summed E-state index contributed by atoms with van der Waals surface area (Å²) in [6.07, 6.45) is 4.45. The van der Waals surface area contributed by atoms with Crippen molar-refractivity contribution in [2.24, 2.45) is 0 Å². The SMILES string of the molecule is CCc1nc(-c2ccncc2)sc1-c1nnc(NC)s1. The highest BCUT2D eigenvalue weighted by molar-refractivity contribution is 7.24. The van der Waals surface area contributed by atoms with Crippen molar-refractivity contribution < 1.29 is 0 Å². The van der Waals surface area contributed by atoms with Crippen LogP contribution in [0.3, 0.4) is 0 Å². The molecule has 0 unspecified atom stereocenters. The molecule has 0 aromatic carbocycles. The third-order valence-electron chi connectivity index (χ3n) is 2.79. The van der Waals surface area contributed by atoms with Gasteiger partial charge in [0, 0.05) is 25.0 Å². The Labute approximate surface area is 124 Å². The highest BCUT2D eigenvalue weighted by Gasteiger charge is 2.16. The highest BCUT2D eigenvalue weighted by Crippen LogP contribution is 2.37. The third-order valence-corrected chi connectivity index (χ3v) is 5.03. The second-order valence-electron chi connectivity index (χ2n) is 4.05. The van der Waals surface area contributed by atoms with Gasteiger partial charge in [0.15, 0.2) is 5.01 Å². The average molecular weight is 303 g/mol. The van der Waals surface area contributed by atoms with Gasteiger partial charge in [-0.1, -0.05) is 18.3 Å². The van der Waals surface area contributed by atoms with Crippen LogP contribution in [0.2, 0.25) is 0 Å². The number of hydrogen-bond donors (Lipinski definition) is 1. The van der Waals surface area contributed by atoms with Crippen LogP contribution >= 0.6 is 22.7 Å². The summed E-state index contributed by atoms with van der Waals surface area (Å²) in [6.45, 7) is 2.11. The Morgan fingerprint density at radius 2 is 1.90 bits per heavy atom. The second kappa shape index (κ2) is 5.64. The summed E-state index contributed by atoms with van der Waals surface area (Å²) < 4.78 is 0. The minimum Gasteiger partial charge on any atom is -0.363 e. The first-order chi connectivity index (χ1) is 9.81. The van der Waals surface area contributed by atoms with Gasteiger partial charge < -0.3 is 5.32 Å². The van der Waals surface area contributed by atoms with Crippen molar-refractivity contribution in [2.75, 3.05) is 12.4 Å². The smallest absolute Gasteiger partial charge is 0.205 e. The number of aryl methyl sites for hydroxylation is 1. The predicted molar refractivity (Wildman–Crippen MR) is 83.2 cm³/mol. The van der Waals surface area contributed by atoms with Crippen molar-refractivity contribution in [3.05, 3.63) is 30.2 Å². The maximum atomic E-state index is 4.72. The zero-order valence-corrected chi connectivity index (χ0v) is 12.8. The second-order valence-corrected chi connectivity index (χ2v) is 6.02. The van der Waals surface area contributed by atoms with Crippen molar-refractivity contribution in [1.82, 2.24) is 20.2 Å². The number of anilines is 1. The van der Waals surface area contributed by atoms with E-state index in [1.165, 1.54) is 0 Å².